The first-order valence-corrected chi connectivity index (χ1v) is 10.4. The van der Waals surface area contributed by atoms with E-state index in [1.807, 2.05) is 32.0 Å². The SMILES string of the molecule is CCCCOc1ccc(C(=O)NCC(=O)O[C@@H](C)C(=O)Nc2c(C)cccc2C)cc1. The van der Waals surface area contributed by atoms with Crippen LogP contribution in [0, 0.1) is 13.8 Å². The first-order chi connectivity index (χ1) is 14.8. The Morgan fingerprint density at radius 3 is 2.26 bits per heavy atom. The van der Waals surface area contributed by atoms with E-state index in [1.54, 1.807) is 24.3 Å². The van der Waals surface area contributed by atoms with Crippen LogP contribution >= 0.6 is 0 Å². The van der Waals surface area contributed by atoms with E-state index in [-0.39, 0.29) is 6.54 Å². The van der Waals surface area contributed by atoms with Crippen LogP contribution in [0.1, 0.15) is 48.2 Å². The van der Waals surface area contributed by atoms with E-state index in [1.165, 1.54) is 6.92 Å². The van der Waals surface area contributed by atoms with Crippen molar-refractivity contribution in [2.24, 2.45) is 0 Å². The van der Waals surface area contributed by atoms with Gasteiger partial charge in [0.25, 0.3) is 11.8 Å². The molecular formula is C24H30N2O5. The molecule has 2 amide bonds. The highest BCUT2D eigenvalue weighted by molar-refractivity contribution is 5.98. The number of unbranched alkanes of at least 4 members (excludes halogenated alkanes) is 1. The van der Waals surface area contributed by atoms with Crippen molar-refractivity contribution in [3.63, 3.8) is 0 Å². The van der Waals surface area contributed by atoms with Crippen LogP contribution in [0.4, 0.5) is 5.69 Å². The average Bonchev–Trinajstić information content (AvgIpc) is 2.75. The molecule has 31 heavy (non-hydrogen) atoms. The molecule has 0 aliphatic rings. The van der Waals surface area contributed by atoms with Gasteiger partial charge in [0.2, 0.25) is 0 Å². The Morgan fingerprint density at radius 1 is 1.00 bits per heavy atom. The van der Waals surface area contributed by atoms with Gasteiger partial charge in [-0.3, -0.25) is 14.4 Å². The van der Waals surface area contributed by atoms with Gasteiger partial charge in [0.1, 0.15) is 12.3 Å². The lowest BCUT2D eigenvalue weighted by Crippen LogP contribution is -2.36. The molecule has 7 nitrogen and oxygen atoms in total. The Bertz CT molecular complexity index is 888. The standard InChI is InChI=1S/C24H30N2O5/c1-5-6-14-30-20-12-10-19(11-13-20)24(29)25-15-21(27)31-18(4)23(28)26-22-16(2)8-7-9-17(22)3/h7-13,18H,5-6,14-15H2,1-4H3,(H,25,29)(H,26,28)/t18-/m0/s1. The number of esters is 1. The largest absolute Gasteiger partial charge is 0.494 e. The first-order valence-electron chi connectivity index (χ1n) is 10.4. The van der Waals surface area contributed by atoms with Crippen molar-refractivity contribution < 1.29 is 23.9 Å². The lowest BCUT2D eigenvalue weighted by molar-refractivity contribution is -0.152. The Morgan fingerprint density at radius 2 is 1.65 bits per heavy atom. The summed E-state index contributed by atoms with van der Waals surface area (Å²) in [6.07, 6.45) is 1.01. The summed E-state index contributed by atoms with van der Waals surface area (Å²) in [5.41, 5.74) is 2.93. The smallest absolute Gasteiger partial charge is 0.326 e. The number of ether oxygens (including phenoxy) is 2. The van der Waals surface area contributed by atoms with E-state index in [0.29, 0.717) is 23.6 Å². The average molecular weight is 427 g/mol. The summed E-state index contributed by atoms with van der Waals surface area (Å²) in [4.78, 5) is 36.6. The molecule has 0 heterocycles. The van der Waals surface area contributed by atoms with E-state index in [0.717, 1.165) is 24.0 Å². The number of nitrogens with one attached hydrogen (secondary N) is 2. The third-order valence-corrected chi connectivity index (χ3v) is 4.68. The second kappa shape index (κ2) is 11.7. The molecule has 0 saturated carbocycles. The van der Waals surface area contributed by atoms with Gasteiger partial charge in [0.05, 0.1) is 6.61 Å². The Hall–Kier alpha value is -3.35. The number of amides is 2. The minimum Gasteiger partial charge on any atom is -0.494 e. The van der Waals surface area contributed by atoms with E-state index >= 15 is 0 Å². The molecule has 0 spiro atoms. The van der Waals surface area contributed by atoms with E-state index in [4.69, 9.17) is 9.47 Å². The predicted molar refractivity (Wildman–Crippen MR) is 119 cm³/mol. The van der Waals surface area contributed by atoms with E-state index in [9.17, 15) is 14.4 Å². The number of carbonyl (C=O) groups is 3. The molecule has 2 aromatic carbocycles. The van der Waals surface area contributed by atoms with Crippen molar-refractivity contribution in [2.45, 2.75) is 46.6 Å². The minimum atomic E-state index is -0.997. The Balaban J connectivity index is 1.80. The van der Waals surface area contributed by atoms with Crippen LogP contribution in [0.3, 0.4) is 0 Å². The zero-order valence-electron chi connectivity index (χ0n) is 18.5. The van der Waals surface area contributed by atoms with Crippen molar-refractivity contribution in [1.82, 2.24) is 5.32 Å². The third-order valence-electron chi connectivity index (χ3n) is 4.68. The van der Waals surface area contributed by atoms with Gasteiger partial charge in [0.15, 0.2) is 6.10 Å². The van der Waals surface area contributed by atoms with Crippen LogP contribution in [0.15, 0.2) is 42.5 Å². The zero-order valence-corrected chi connectivity index (χ0v) is 18.5. The number of hydrogen-bond donors (Lipinski definition) is 2. The van der Waals surface area contributed by atoms with Crippen molar-refractivity contribution in [2.75, 3.05) is 18.5 Å². The molecule has 166 valence electrons. The second-order valence-corrected chi connectivity index (χ2v) is 7.30. The van der Waals surface area contributed by atoms with Crippen LogP contribution in [-0.2, 0) is 14.3 Å². The van der Waals surface area contributed by atoms with Crippen molar-refractivity contribution in [1.29, 1.82) is 0 Å². The molecular weight excluding hydrogens is 396 g/mol. The van der Waals surface area contributed by atoms with Crippen molar-refractivity contribution in [3.8, 4) is 5.75 Å². The summed E-state index contributed by atoms with van der Waals surface area (Å²) in [5, 5.41) is 5.28. The van der Waals surface area contributed by atoms with Crippen LogP contribution in [0.25, 0.3) is 0 Å². The first kappa shape index (κ1) is 23.9. The molecule has 0 fully saturated rings. The molecule has 2 N–H and O–H groups in total. The van der Waals surface area contributed by atoms with Gasteiger partial charge < -0.3 is 20.1 Å². The Kier molecular flexibility index (Phi) is 9.06. The number of hydrogen-bond acceptors (Lipinski definition) is 5. The highest BCUT2D eigenvalue weighted by Crippen LogP contribution is 2.19. The van der Waals surface area contributed by atoms with Crippen molar-refractivity contribution >= 4 is 23.5 Å². The predicted octanol–water partition coefficient (Wildman–Crippen LogP) is 3.78. The second-order valence-electron chi connectivity index (χ2n) is 7.30. The van der Waals surface area contributed by atoms with E-state index < -0.39 is 23.9 Å². The fraction of sp³-hybridized carbons (Fsp3) is 0.375. The molecule has 0 saturated heterocycles. The summed E-state index contributed by atoms with van der Waals surface area (Å²) in [6.45, 7) is 7.63. The number of benzene rings is 2. The molecule has 0 aliphatic carbocycles. The highest BCUT2D eigenvalue weighted by atomic mass is 16.5. The third kappa shape index (κ3) is 7.44. The molecule has 0 bridgehead atoms. The molecule has 2 rings (SSSR count). The zero-order chi connectivity index (χ0) is 22.8. The molecule has 2 aromatic rings. The van der Waals surface area contributed by atoms with Gasteiger partial charge >= 0.3 is 5.97 Å². The van der Waals surface area contributed by atoms with Crippen LogP contribution in [-0.4, -0.2) is 37.0 Å². The fourth-order valence-electron chi connectivity index (χ4n) is 2.82. The normalized spacial score (nSPS) is 11.4. The topological polar surface area (TPSA) is 93.7 Å². The number of anilines is 1. The quantitative estimate of drug-likeness (QED) is 0.445. The maximum absolute atomic E-state index is 12.4. The van der Waals surface area contributed by atoms with Gasteiger partial charge in [-0.25, -0.2) is 0 Å². The molecule has 0 unspecified atom stereocenters. The van der Waals surface area contributed by atoms with E-state index in [2.05, 4.69) is 17.6 Å². The summed E-state index contributed by atoms with van der Waals surface area (Å²) < 4.78 is 10.7. The minimum absolute atomic E-state index is 0.339. The molecule has 0 radical (unpaired) electrons. The monoisotopic (exact) mass is 426 g/mol. The van der Waals surface area contributed by atoms with Gasteiger partial charge in [0, 0.05) is 11.3 Å². The lowest BCUT2D eigenvalue weighted by atomic mass is 10.1. The molecule has 0 aromatic heterocycles. The number of rotatable bonds is 10. The van der Waals surface area contributed by atoms with Crippen LogP contribution in [0.5, 0.6) is 5.75 Å². The highest BCUT2D eigenvalue weighted by Gasteiger charge is 2.19. The number of para-hydroxylation sites is 1. The summed E-state index contributed by atoms with van der Waals surface area (Å²) in [5.74, 6) is -0.856. The van der Waals surface area contributed by atoms with Gasteiger partial charge in [-0.1, -0.05) is 31.5 Å². The summed E-state index contributed by atoms with van der Waals surface area (Å²) in [6, 6.07) is 12.4. The maximum Gasteiger partial charge on any atom is 0.326 e. The Labute approximate surface area is 183 Å². The fourth-order valence-corrected chi connectivity index (χ4v) is 2.82. The van der Waals surface area contributed by atoms with Crippen molar-refractivity contribution in [3.05, 3.63) is 59.2 Å². The maximum atomic E-state index is 12.4. The van der Waals surface area contributed by atoms with Gasteiger partial charge in [-0.2, -0.15) is 0 Å². The number of carbonyl (C=O) groups excluding carboxylic acids is 3. The number of aryl methyl sites for hydroxylation is 2. The lowest BCUT2D eigenvalue weighted by Gasteiger charge is -2.16. The molecule has 7 heteroatoms. The van der Waals surface area contributed by atoms with Crippen LogP contribution < -0.4 is 15.4 Å². The van der Waals surface area contributed by atoms with Crippen LogP contribution in [0.2, 0.25) is 0 Å². The van der Waals surface area contributed by atoms with Gasteiger partial charge in [-0.15, -0.1) is 0 Å². The molecule has 0 aliphatic heterocycles. The summed E-state index contributed by atoms with van der Waals surface area (Å²) in [7, 11) is 0. The summed E-state index contributed by atoms with van der Waals surface area (Å²) >= 11 is 0. The molecule has 1 atom stereocenters. The van der Waals surface area contributed by atoms with Gasteiger partial charge in [-0.05, 0) is 62.6 Å².